The number of hydrogen-bond acceptors (Lipinski definition) is 5. The molecule has 2 aliphatic heterocycles. The number of hydrogen-bond donors (Lipinski definition) is 0. The summed E-state index contributed by atoms with van der Waals surface area (Å²) in [6.45, 7) is 2.20. The van der Waals surface area contributed by atoms with Crippen molar-refractivity contribution < 1.29 is 23.5 Å². The first-order valence-electron chi connectivity index (χ1n) is 9.63. The van der Waals surface area contributed by atoms with Crippen LogP contribution >= 0.6 is 0 Å². The quantitative estimate of drug-likeness (QED) is 0.671. The molecule has 1 saturated heterocycles. The Bertz CT molecular complexity index is 1040. The van der Waals surface area contributed by atoms with Gasteiger partial charge in [-0.15, -0.1) is 0 Å². The number of morpholine rings is 1. The van der Waals surface area contributed by atoms with Gasteiger partial charge in [0.2, 0.25) is 0 Å². The Morgan fingerprint density at radius 1 is 0.966 bits per heavy atom. The van der Waals surface area contributed by atoms with Crippen molar-refractivity contribution in [3.8, 4) is 5.75 Å². The predicted molar refractivity (Wildman–Crippen MR) is 106 cm³/mol. The highest BCUT2D eigenvalue weighted by molar-refractivity contribution is 6.08. The molecule has 1 atom stereocenters. The van der Waals surface area contributed by atoms with Gasteiger partial charge in [0, 0.05) is 18.5 Å². The standard InChI is InChI=1S/C22H20N2O5/c25-21(23-9-11-27-12-10-23)20-14-24(16-6-2-4-8-18(16)29-20)22(26)19-13-15-5-1-3-7-17(15)28-19/h1-8,13,20H,9-12,14H2/t20-/m0/s1. The van der Waals surface area contributed by atoms with Crippen molar-refractivity contribution in [1.29, 1.82) is 0 Å². The first-order chi connectivity index (χ1) is 14.2. The average molecular weight is 392 g/mol. The van der Waals surface area contributed by atoms with E-state index < -0.39 is 6.10 Å². The van der Waals surface area contributed by atoms with Crippen LogP contribution in [-0.2, 0) is 9.53 Å². The molecule has 2 amide bonds. The van der Waals surface area contributed by atoms with Crippen molar-refractivity contribution in [2.45, 2.75) is 6.10 Å². The Labute approximate surface area is 167 Å². The Kier molecular flexibility index (Phi) is 4.44. The molecule has 5 rings (SSSR count). The number of fused-ring (bicyclic) bond motifs is 2. The number of amides is 2. The molecular formula is C22H20N2O5. The van der Waals surface area contributed by atoms with Crippen LogP contribution in [0.5, 0.6) is 5.75 Å². The van der Waals surface area contributed by atoms with Gasteiger partial charge in [-0.05, 0) is 24.3 Å². The lowest BCUT2D eigenvalue weighted by Gasteiger charge is -2.37. The van der Waals surface area contributed by atoms with E-state index in [1.54, 1.807) is 21.9 Å². The summed E-state index contributed by atoms with van der Waals surface area (Å²) in [5, 5.41) is 0.860. The molecule has 7 nitrogen and oxygen atoms in total. The predicted octanol–water partition coefficient (Wildman–Crippen LogP) is 2.70. The van der Waals surface area contributed by atoms with Crippen LogP contribution in [0.4, 0.5) is 5.69 Å². The maximum Gasteiger partial charge on any atom is 0.294 e. The molecular weight excluding hydrogens is 372 g/mol. The largest absolute Gasteiger partial charge is 0.476 e. The molecule has 1 fully saturated rings. The minimum atomic E-state index is -0.767. The van der Waals surface area contributed by atoms with Crippen molar-refractivity contribution in [3.05, 3.63) is 60.4 Å². The Morgan fingerprint density at radius 2 is 1.72 bits per heavy atom. The summed E-state index contributed by atoms with van der Waals surface area (Å²) in [6, 6.07) is 16.5. The number of anilines is 1. The van der Waals surface area contributed by atoms with Crippen LogP contribution in [0.1, 0.15) is 10.6 Å². The highest BCUT2D eigenvalue weighted by atomic mass is 16.5. The second kappa shape index (κ2) is 7.25. The van der Waals surface area contributed by atoms with Gasteiger partial charge in [-0.2, -0.15) is 0 Å². The lowest BCUT2D eigenvalue weighted by molar-refractivity contribution is -0.142. The van der Waals surface area contributed by atoms with Crippen molar-refractivity contribution in [2.24, 2.45) is 0 Å². The number of carbonyl (C=O) groups is 2. The number of rotatable bonds is 2. The van der Waals surface area contributed by atoms with Crippen LogP contribution in [0.25, 0.3) is 11.0 Å². The van der Waals surface area contributed by atoms with E-state index in [0.29, 0.717) is 43.3 Å². The zero-order valence-electron chi connectivity index (χ0n) is 15.7. The molecule has 0 radical (unpaired) electrons. The van der Waals surface area contributed by atoms with E-state index in [9.17, 15) is 9.59 Å². The third-order valence-electron chi connectivity index (χ3n) is 5.25. The molecule has 0 aliphatic carbocycles. The zero-order valence-corrected chi connectivity index (χ0v) is 15.7. The van der Waals surface area contributed by atoms with Crippen LogP contribution in [0.3, 0.4) is 0 Å². The fraction of sp³-hybridized carbons (Fsp3) is 0.273. The zero-order chi connectivity index (χ0) is 19.8. The first-order valence-corrected chi connectivity index (χ1v) is 9.63. The van der Waals surface area contributed by atoms with Gasteiger partial charge < -0.3 is 18.8 Å². The number of benzene rings is 2. The van der Waals surface area contributed by atoms with Crippen molar-refractivity contribution in [2.75, 3.05) is 37.7 Å². The minimum Gasteiger partial charge on any atom is -0.476 e. The second-order valence-corrected chi connectivity index (χ2v) is 7.08. The van der Waals surface area contributed by atoms with Crippen molar-refractivity contribution in [3.63, 3.8) is 0 Å². The molecule has 1 aromatic heterocycles. The Morgan fingerprint density at radius 3 is 2.55 bits per heavy atom. The molecule has 0 unspecified atom stereocenters. The van der Waals surface area contributed by atoms with Gasteiger partial charge in [-0.1, -0.05) is 30.3 Å². The van der Waals surface area contributed by atoms with Gasteiger partial charge in [0.15, 0.2) is 11.9 Å². The van der Waals surface area contributed by atoms with Crippen LogP contribution in [-0.4, -0.2) is 55.7 Å². The molecule has 3 aromatic rings. The molecule has 148 valence electrons. The van der Waals surface area contributed by atoms with Gasteiger partial charge in [0.05, 0.1) is 25.4 Å². The van der Waals surface area contributed by atoms with Crippen molar-refractivity contribution >= 4 is 28.5 Å². The molecule has 0 spiro atoms. The summed E-state index contributed by atoms with van der Waals surface area (Å²) in [7, 11) is 0. The number of furan rings is 1. The highest BCUT2D eigenvalue weighted by Crippen LogP contribution is 2.35. The summed E-state index contributed by atoms with van der Waals surface area (Å²) in [6.07, 6.45) is -0.767. The van der Waals surface area contributed by atoms with Gasteiger partial charge in [0.25, 0.3) is 11.8 Å². The summed E-state index contributed by atoms with van der Waals surface area (Å²) in [5.74, 6) is 0.317. The summed E-state index contributed by atoms with van der Waals surface area (Å²) < 4.78 is 17.1. The van der Waals surface area contributed by atoms with E-state index >= 15 is 0 Å². The molecule has 3 heterocycles. The van der Waals surface area contributed by atoms with E-state index in [1.165, 1.54) is 0 Å². The smallest absolute Gasteiger partial charge is 0.294 e. The summed E-state index contributed by atoms with van der Waals surface area (Å²) in [5.41, 5.74) is 1.28. The molecule has 29 heavy (non-hydrogen) atoms. The molecule has 7 heteroatoms. The third kappa shape index (κ3) is 3.23. The fourth-order valence-electron chi connectivity index (χ4n) is 3.76. The maximum absolute atomic E-state index is 13.3. The van der Waals surface area contributed by atoms with Gasteiger partial charge in [-0.25, -0.2) is 0 Å². The van der Waals surface area contributed by atoms with Crippen molar-refractivity contribution in [1.82, 2.24) is 4.90 Å². The van der Waals surface area contributed by atoms with Gasteiger partial charge in [-0.3, -0.25) is 14.5 Å². The fourth-order valence-corrected chi connectivity index (χ4v) is 3.76. The van der Waals surface area contributed by atoms with Gasteiger partial charge >= 0.3 is 0 Å². The Balaban J connectivity index is 1.47. The van der Waals surface area contributed by atoms with E-state index in [1.807, 2.05) is 42.5 Å². The number of ether oxygens (including phenoxy) is 2. The second-order valence-electron chi connectivity index (χ2n) is 7.08. The SMILES string of the molecule is O=C([C@@H]1CN(C(=O)c2cc3ccccc3o2)c2ccccc2O1)N1CCOCC1. The van der Waals surface area contributed by atoms with E-state index in [2.05, 4.69) is 0 Å². The lowest BCUT2D eigenvalue weighted by atomic mass is 10.1. The van der Waals surface area contributed by atoms with E-state index in [-0.39, 0.29) is 24.1 Å². The molecule has 2 aliphatic rings. The maximum atomic E-state index is 13.3. The van der Waals surface area contributed by atoms with Gasteiger partial charge in [0.1, 0.15) is 11.3 Å². The summed E-state index contributed by atoms with van der Waals surface area (Å²) >= 11 is 0. The van der Waals surface area contributed by atoms with E-state index in [0.717, 1.165) is 5.39 Å². The van der Waals surface area contributed by atoms with Crippen LogP contribution in [0.2, 0.25) is 0 Å². The molecule has 2 aromatic carbocycles. The molecule has 0 saturated carbocycles. The van der Waals surface area contributed by atoms with E-state index in [4.69, 9.17) is 13.9 Å². The monoisotopic (exact) mass is 392 g/mol. The third-order valence-corrected chi connectivity index (χ3v) is 5.25. The Hall–Kier alpha value is -3.32. The summed E-state index contributed by atoms with van der Waals surface area (Å²) in [4.78, 5) is 29.6. The molecule has 0 bridgehead atoms. The van der Waals surface area contributed by atoms with Crippen LogP contribution < -0.4 is 9.64 Å². The average Bonchev–Trinajstić information content (AvgIpc) is 3.22. The first kappa shape index (κ1) is 17.8. The number of para-hydroxylation sites is 3. The number of nitrogens with zero attached hydrogens (tertiary/aromatic N) is 2. The normalized spacial score (nSPS) is 19.0. The van der Waals surface area contributed by atoms with Crippen LogP contribution in [0, 0.1) is 0 Å². The van der Waals surface area contributed by atoms with Crippen LogP contribution in [0.15, 0.2) is 59.0 Å². The topological polar surface area (TPSA) is 72.2 Å². The lowest BCUT2D eigenvalue weighted by Crippen LogP contribution is -2.54. The molecule has 0 N–H and O–H groups in total. The number of carbonyl (C=O) groups excluding carboxylic acids is 2. The minimum absolute atomic E-state index is 0.128. The highest BCUT2D eigenvalue weighted by Gasteiger charge is 2.37.